The Bertz CT molecular complexity index is 32.9. The molecule has 0 aliphatic heterocycles. The van der Waals surface area contributed by atoms with E-state index in [9.17, 15) is 0 Å². The molecule has 0 aliphatic carbocycles. The third-order valence-electron chi connectivity index (χ3n) is 0.539. The van der Waals surface area contributed by atoms with Crippen LogP contribution in [0.1, 0.15) is 13.3 Å². The van der Waals surface area contributed by atoms with Crippen molar-refractivity contribution in [1.29, 1.82) is 0 Å². The zero-order valence-corrected chi connectivity index (χ0v) is 9.21. The predicted octanol–water partition coefficient (Wildman–Crippen LogP) is -2.21. The molecule has 38 valence electrons. The van der Waals surface area contributed by atoms with Gasteiger partial charge in [-0.2, -0.15) is 0 Å². The van der Waals surface area contributed by atoms with Gasteiger partial charge in [-0.15, -0.1) is 0 Å². The molecule has 0 aromatic heterocycles. The fraction of sp³-hybridized carbons (Fsp3) is 1.00. The molecule has 0 aliphatic rings. The number of hydrogen-bond donors (Lipinski definition) is 0. The minimum absolute atomic E-state index is 0. The number of hydrogen-bond acceptors (Lipinski definition) is 2. The Morgan fingerprint density at radius 1 is 1.57 bits per heavy atom. The summed E-state index contributed by atoms with van der Waals surface area (Å²) in [5, 5.41) is 0. The normalized spacial score (nSPS) is 8.57. The van der Waals surface area contributed by atoms with Crippen LogP contribution in [0.4, 0.5) is 0 Å². The molecule has 0 fully saturated rings. The Balaban J connectivity index is 0. The maximum Gasteiger partial charge on any atom is 1.00 e. The van der Waals surface area contributed by atoms with Gasteiger partial charge in [-0.05, 0) is 20.0 Å². The fourth-order valence-electron chi connectivity index (χ4n) is 0.315. The average molecular weight is 143 g/mol. The summed E-state index contributed by atoms with van der Waals surface area (Å²) >= 11 is 4.71. The monoisotopic (exact) mass is 143 g/mol. The summed E-state index contributed by atoms with van der Waals surface area (Å²) in [7, 11) is 1.90. The molecular formula is C4H10KNS. The summed E-state index contributed by atoms with van der Waals surface area (Å²) in [6.45, 7) is 3.14. The van der Waals surface area contributed by atoms with Gasteiger partial charge in [-0.3, -0.25) is 0 Å². The maximum absolute atomic E-state index is 4.71. The van der Waals surface area contributed by atoms with Gasteiger partial charge in [0.15, 0.2) is 0 Å². The van der Waals surface area contributed by atoms with Gasteiger partial charge in [0.25, 0.3) is 0 Å². The zero-order chi connectivity index (χ0) is 4.99. The van der Waals surface area contributed by atoms with Crippen molar-refractivity contribution >= 4 is 12.8 Å². The molecule has 0 spiro atoms. The second kappa shape index (κ2) is 7.95. The Hall–Kier alpha value is 1.95. The first-order valence-corrected chi connectivity index (χ1v) is 2.52. The van der Waals surface area contributed by atoms with Crippen LogP contribution in [0.25, 0.3) is 0 Å². The van der Waals surface area contributed by atoms with E-state index in [1.54, 1.807) is 4.31 Å². The van der Waals surface area contributed by atoms with Gasteiger partial charge in [0.05, 0.1) is 0 Å². The molecule has 0 unspecified atom stereocenters. The predicted molar refractivity (Wildman–Crippen MR) is 30.3 cm³/mol. The van der Waals surface area contributed by atoms with E-state index in [0.29, 0.717) is 0 Å². The van der Waals surface area contributed by atoms with Crippen LogP contribution in [-0.2, 0) is 12.8 Å². The largest absolute Gasteiger partial charge is 1.00 e. The Morgan fingerprint density at radius 2 is 2.00 bits per heavy atom. The smallest absolute Gasteiger partial charge is 0.702 e. The van der Waals surface area contributed by atoms with Gasteiger partial charge < -0.3 is 17.1 Å². The van der Waals surface area contributed by atoms with Crippen molar-refractivity contribution in [2.24, 2.45) is 0 Å². The molecule has 3 heteroatoms. The van der Waals surface area contributed by atoms with Crippen molar-refractivity contribution < 1.29 is 51.4 Å². The van der Waals surface area contributed by atoms with E-state index in [0.717, 1.165) is 13.0 Å². The summed E-state index contributed by atoms with van der Waals surface area (Å²) < 4.78 is 1.76. The minimum Gasteiger partial charge on any atom is -0.702 e. The van der Waals surface area contributed by atoms with E-state index in [1.165, 1.54) is 0 Å². The van der Waals surface area contributed by atoms with E-state index in [1.807, 2.05) is 7.05 Å². The van der Waals surface area contributed by atoms with E-state index in [2.05, 4.69) is 6.92 Å². The van der Waals surface area contributed by atoms with Crippen molar-refractivity contribution in [3.05, 3.63) is 0 Å². The molecule has 0 saturated heterocycles. The van der Waals surface area contributed by atoms with Crippen LogP contribution < -0.4 is 51.4 Å². The molecule has 0 bridgehead atoms. The van der Waals surface area contributed by atoms with Crippen LogP contribution in [0, 0.1) is 0 Å². The topological polar surface area (TPSA) is 3.24 Å². The third kappa shape index (κ3) is 11.5. The Kier molecular flexibility index (Phi) is 13.3. The van der Waals surface area contributed by atoms with Crippen molar-refractivity contribution in [3.8, 4) is 0 Å². The summed E-state index contributed by atoms with van der Waals surface area (Å²) in [4.78, 5) is 0. The van der Waals surface area contributed by atoms with E-state index in [4.69, 9.17) is 12.8 Å². The van der Waals surface area contributed by atoms with Gasteiger partial charge >= 0.3 is 51.4 Å². The first-order valence-electron chi connectivity index (χ1n) is 2.15. The van der Waals surface area contributed by atoms with Gasteiger partial charge in [-0.1, -0.05) is 6.92 Å². The summed E-state index contributed by atoms with van der Waals surface area (Å²) in [6.07, 6.45) is 1.15. The van der Waals surface area contributed by atoms with Gasteiger partial charge in [0.2, 0.25) is 0 Å². The molecule has 0 atom stereocenters. The molecule has 0 aromatic rings. The molecule has 1 nitrogen and oxygen atoms in total. The van der Waals surface area contributed by atoms with E-state index in [-0.39, 0.29) is 51.4 Å². The van der Waals surface area contributed by atoms with E-state index < -0.39 is 0 Å². The SMILES string of the molecule is CCCN(C)[S-].[K+]. The van der Waals surface area contributed by atoms with Crippen LogP contribution in [-0.4, -0.2) is 17.9 Å². The Morgan fingerprint density at radius 3 is 2.00 bits per heavy atom. The minimum atomic E-state index is 0. The molecule has 0 N–H and O–H groups in total. The first-order chi connectivity index (χ1) is 2.77. The Labute approximate surface area is 93.8 Å². The van der Waals surface area contributed by atoms with Crippen molar-refractivity contribution in [1.82, 2.24) is 4.31 Å². The standard InChI is InChI=1S/C4H10NS.K/c1-3-4-5(2)6;/h3-4H2,1-2H3;/q-1;+1. The fourth-order valence-corrected chi connectivity index (χ4v) is 0.497. The van der Waals surface area contributed by atoms with Gasteiger partial charge in [0, 0.05) is 0 Å². The second-order valence-corrected chi connectivity index (χ2v) is 1.97. The molecule has 0 radical (unpaired) electrons. The number of rotatable bonds is 2. The van der Waals surface area contributed by atoms with Crippen LogP contribution in [0.3, 0.4) is 0 Å². The molecular weight excluding hydrogens is 133 g/mol. The first kappa shape index (κ1) is 11.7. The van der Waals surface area contributed by atoms with Crippen LogP contribution in [0.15, 0.2) is 0 Å². The zero-order valence-electron chi connectivity index (χ0n) is 5.27. The van der Waals surface area contributed by atoms with Gasteiger partial charge in [-0.25, -0.2) is 0 Å². The van der Waals surface area contributed by atoms with Crippen LogP contribution in [0.5, 0.6) is 0 Å². The quantitative estimate of drug-likeness (QED) is 0.319. The van der Waals surface area contributed by atoms with E-state index >= 15 is 0 Å². The third-order valence-corrected chi connectivity index (χ3v) is 0.721. The summed E-state index contributed by atoms with van der Waals surface area (Å²) in [5.74, 6) is 0. The molecule has 0 amide bonds. The number of nitrogens with zero attached hydrogens (tertiary/aromatic N) is 1. The molecule has 0 saturated carbocycles. The average Bonchev–Trinajstić information content (AvgIpc) is 1.35. The summed E-state index contributed by atoms with van der Waals surface area (Å²) in [5.41, 5.74) is 0. The van der Waals surface area contributed by atoms with Crippen molar-refractivity contribution in [2.45, 2.75) is 13.3 Å². The second-order valence-electron chi connectivity index (χ2n) is 1.35. The van der Waals surface area contributed by atoms with Crippen molar-refractivity contribution in [2.75, 3.05) is 13.6 Å². The molecule has 7 heavy (non-hydrogen) atoms. The molecule has 0 heterocycles. The van der Waals surface area contributed by atoms with Crippen LogP contribution >= 0.6 is 0 Å². The van der Waals surface area contributed by atoms with Crippen molar-refractivity contribution in [3.63, 3.8) is 0 Å². The van der Waals surface area contributed by atoms with Crippen LogP contribution in [0.2, 0.25) is 0 Å². The van der Waals surface area contributed by atoms with Gasteiger partial charge in [0.1, 0.15) is 0 Å². The summed E-state index contributed by atoms with van der Waals surface area (Å²) in [6, 6.07) is 0. The molecule has 0 rings (SSSR count). The molecule has 0 aromatic carbocycles. The maximum atomic E-state index is 4.71.